The van der Waals surface area contributed by atoms with E-state index in [1.54, 1.807) is 12.2 Å². The quantitative estimate of drug-likeness (QED) is 0.408. The van der Waals surface area contributed by atoms with Crippen LogP contribution in [0.25, 0.3) is 16.2 Å². The van der Waals surface area contributed by atoms with Crippen LogP contribution in [0.15, 0.2) is 48.6 Å². The van der Waals surface area contributed by atoms with Gasteiger partial charge in [-0.05, 0) is 35.8 Å². The molecule has 22 heavy (non-hydrogen) atoms. The number of fused-ring (bicyclic) bond motifs is 1. The topological polar surface area (TPSA) is 49.4 Å². The summed E-state index contributed by atoms with van der Waals surface area (Å²) in [5, 5.41) is 3.73. The van der Waals surface area contributed by atoms with E-state index in [0.29, 0.717) is 0 Å². The number of hydrogen-bond acceptors (Lipinski definition) is 4. The van der Waals surface area contributed by atoms with E-state index in [1.807, 2.05) is 30.3 Å². The van der Waals surface area contributed by atoms with E-state index in [9.17, 15) is 9.59 Å². The lowest BCUT2D eigenvalue weighted by molar-refractivity contribution is -0.128. The fourth-order valence-electron chi connectivity index (χ4n) is 2.20. The van der Waals surface area contributed by atoms with Crippen LogP contribution in [0.2, 0.25) is 0 Å². The predicted octanol–water partition coefficient (Wildman–Crippen LogP) is 2.71. The van der Waals surface area contributed by atoms with Gasteiger partial charge in [-0.3, -0.25) is 19.8 Å². The van der Waals surface area contributed by atoms with Crippen molar-refractivity contribution >= 4 is 56.6 Å². The van der Waals surface area contributed by atoms with Gasteiger partial charge in [-0.2, -0.15) is 0 Å². The molecule has 1 aromatic carbocycles. The van der Waals surface area contributed by atoms with Crippen LogP contribution < -0.4 is 5.32 Å². The molecule has 0 radical (unpaired) electrons. The van der Waals surface area contributed by atoms with E-state index < -0.39 is 11.8 Å². The summed E-state index contributed by atoms with van der Waals surface area (Å²) in [6, 6.07) is 9.87. The smallest absolute Gasteiger partial charge is 0.265 e. The second-order valence-corrected chi connectivity index (χ2v) is 6.21. The summed E-state index contributed by atoms with van der Waals surface area (Å²) in [5.41, 5.74) is 0.0852. The summed E-state index contributed by atoms with van der Waals surface area (Å²) in [6.45, 7) is 3.86. The van der Waals surface area contributed by atoms with E-state index in [0.717, 1.165) is 15.0 Å². The van der Waals surface area contributed by atoms with Gasteiger partial charge in [0, 0.05) is 16.1 Å². The minimum absolute atomic E-state index is 0.0852. The van der Waals surface area contributed by atoms with Crippen molar-refractivity contribution in [3.63, 3.8) is 0 Å². The van der Waals surface area contributed by atoms with Crippen LogP contribution >= 0.6 is 23.6 Å². The van der Waals surface area contributed by atoms with Crippen LogP contribution in [0, 0.1) is 0 Å². The summed E-state index contributed by atoms with van der Waals surface area (Å²) in [6.07, 6.45) is 3.18. The normalized spacial score (nSPS) is 17.2. The summed E-state index contributed by atoms with van der Waals surface area (Å²) < 4.78 is 1.11. The molecule has 0 spiro atoms. The molecule has 110 valence electrons. The number of thiocarbonyl (C=S) groups is 1. The van der Waals surface area contributed by atoms with E-state index in [4.69, 9.17) is 12.2 Å². The minimum Gasteiger partial charge on any atom is -0.298 e. The number of rotatable bonds is 3. The van der Waals surface area contributed by atoms with E-state index >= 15 is 0 Å². The zero-order chi connectivity index (χ0) is 15.7. The first-order valence-corrected chi connectivity index (χ1v) is 7.81. The molecule has 1 fully saturated rings. The number of hydrogen-bond donors (Lipinski definition) is 1. The highest BCUT2D eigenvalue weighted by atomic mass is 32.1. The maximum Gasteiger partial charge on any atom is 0.265 e. The van der Waals surface area contributed by atoms with Crippen molar-refractivity contribution in [2.24, 2.45) is 0 Å². The van der Waals surface area contributed by atoms with Crippen molar-refractivity contribution in [2.45, 2.75) is 0 Å². The summed E-state index contributed by atoms with van der Waals surface area (Å²) in [4.78, 5) is 26.6. The molecule has 2 aromatic rings. The van der Waals surface area contributed by atoms with Gasteiger partial charge in [0.1, 0.15) is 5.57 Å². The van der Waals surface area contributed by atoms with Crippen LogP contribution in [-0.2, 0) is 9.59 Å². The lowest BCUT2D eigenvalue weighted by Crippen LogP contribution is -2.53. The molecule has 2 amide bonds. The number of nitrogens with one attached hydrogen (secondary N) is 1. The molecule has 6 heteroatoms. The molecule has 0 bridgehead atoms. The molecular weight excluding hydrogens is 316 g/mol. The second-order valence-electron chi connectivity index (χ2n) is 4.71. The van der Waals surface area contributed by atoms with Crippen molar-refractivity contribution < 1.29 is 9.59 Å². The number of thiophene rings is 1. The van der Waals surface area contributed by atoms with Crippen molar-refractivity contribution in [2.75, 3.05) is 6.54 Å². The second kappa shape index (κ2) is 5.82. The van der Waals surface area contributed by atoms with Crippen LogP contribution in [0.3, 0.4) is 0 Å². The maximum atomic E-state index is 12.4. The number of benzene rings is 1. The van der Waals surface area contributed by atoms with Gasteiger partial charge < -0.3 is 0 Å². The lowest BCUT2D eigenvalue weighted by atomic mass is 10.1. The van der Waals surface area contributed by atoms with Gasteiger partial charge >= 0.3 is 0 Å². The van der Waals surface area contributed by atoms with Crippen molar-refractivity contribution in [3.8, 4) is 0 Å². The van der Waals surface area contributed by atoms with Gasteiger partial charge in [0.25, 0.3) is 11.8 Å². The first kappa shape index (κ1) is 14.6. The maximum absolute atomic E-state index is 12.4. The highest BCUT2D eigenvalue weighted by Gasteiger charge is 2.32. The summed E-state index contributed by atoms with van der Waals surface area (Å²) in [7, 11) is 0. The Kier molecular flexibility index (Phi) is 3.87. The Morgan fingerprint density at radius 1 is 1.32 bits per heavy atom. The Labute approximate surface area is 136 Å². The van der Waals surface area contributed by atoms with Gasteiger partial charge in [-0.1, -0.05) is 24.3 Å². The first-order chi connectivity index (χ1) is 10.6. The van der Waals surface area contributed by atoms with Crippen LogP contribution in [0.4, 0.5) is 0 Å². The molecule has 0 atom stereocenters. The number of nitrogens with zero attached hydrogens (tertiary/aromatic N) is 1. The lowest BCUT2D eigenvalue weighted by Gasteiger charge is -2.27. The molecule has 1 aliphatic heterocycles. The molecule has 0 saturated carbocycles. The molecule has 1 saturated heterocycles. The zero-order valence-corrected chi connectivity index (χ0v) is 13.2. The zero-order valence-electron chi connectivity index (χ0n) is 11.5. The molecule has 2 heterocycles. The molecule has 0 aliphatic carbocycles. The number of carbonyl (C=O) groups is 2. The fraction of sp³-hybridized carbons (Fsp3) is 0.0625. The molecule has 1 aliphatic rings. The van der Waals surface area contributed by atoms with Gasteiger partial charge in [0.15, 0.2) is 5.11 Å². The highest BCUT2D eigenvalue weighted by molar-refractivity contribution is 7.80. The van der Waals surface area contributed by atoms with Crippen LogP contribution in [0.1, 0.15) is 4.88 Å². The predicted molar refractivity (Wildman–Crippen MR) is 92.5 cm³/mol. The van der Waals surface area contributed by atoms with Crippen LogP contribution in [-0.4, -0.2) is 28.4 Å². The molecule has 1 N–H and O–H groups in total. The van der Waals surface area contributed by atoms with Crippen molar-refractivity contribution in [1.82, 2.24) is 10.2 Å². The largest absolute Gasteiger partial charge is 0.298 e. The minimum atomic E-state index is -0.465. The Morgan fingerprint density at radius 2 is 2.09 bits per heavy atom. The first-order valence-electron chi connectivity index (χ1n) is 6.58. The van der Waals surface area contributed by atoms with Gasteiger partial charge in [-0.15, -0.1) is 17.9 Å². The van der Waals surface area contributed by atoms with Gasteiger partial charge in [0.2, 0.25) is 0 Å². The average Bonchev–Trinajstić information content (AvgIpc) is 2.90. The molecule has 4 nitrogen and oxygen atoms in total. The molecule has 3 rings (SSSR count). The van der Waals surface area contributed by atoms with Crippen LogP contribution in [0.5, 0.6) is 0 Å². The van der Waals surface area contributed by atoms with Crippen molar-refractivity contribution in [3.05, 3.63) is 53.4 Å². The Hall–Kier alpha value is -2.31. The van der Waals surface area contributed by atoms with E-state index in [2.05, 4.69) is 11.9 Å². The van der Waals surface area contributed by atoms with Gasteiger partial charge in [-0.25, -0.2) is 0 Å². The number of carbonyl (C=O) groups excluding carboxylic acids is 2. The monoisotopic (exact) mass is 328 g/mol. The van der Waals surface area contributed by atoms with Gasteiger partial charge in [0.05, 0.1) is 0 Å². The third-order valence-electron chi connectivity index (χ3n) is 3.23. The standard InChI is InChI=1S/C16H12N2O2S2/c1-2-7-18-15(20)12(14(19)17-16(18)21)9-11-8-10-5-3-4-6-13(10)22-11/h2-6,8-9H,1,7H2,(H,17,19,21)/b12-9+. The fourth-order valence-corrected chi connectivity index (χ4v) is 3.46. The van der Waals surface area contributed by atoms with E-state index in [-0.39, 0.29) is 17.2 Å². The van der Waals surface area contributed by atoms with Crippen molar-refractivity contribution in [1.29, 1.82) is 0 Å². The Morgan fingerprint density at radius 3 is 2.82 bits per heavy atom. The number of amides is 2. The third-order valence-corrected chi connectivity index (χ3v) is 4.61. The summed E-state index contributed by atoms with van der Waals surface area (Å²) >= 11 is 6.55. The molecule has 0 unspecified atom stereocenters. The van der Waals surface area contributed by atoms with E-state index in [1.165, 1.54) is 16.2 Å². The molecular formula is C16H12N2O2S2. The third kappa shape index (κ3) is 2.58. The summed E-state index contributed by atoms with van der Waals surface area (Å²) in [5.74, 6) is -0.862. The molecule has 1 aromatic heterocycles. The Bertz CT molecular complexity index is 803. The Balaban J connectivity index is 2.00. The average molecular weight is 328 g/mol. The highest BCUT2D eigenvalue weighted by Crippen LogP contribution is 2.27. The SMILES string of the molecule is C=CCN1C(=O)/C(=C/c2cc3ccccc3s2)C(=O)NC1=S.